The molecule has 32 heavy (non-hydrogen) atoms. The fourth-order valence-corrected chi connectivity index (χ4v) is 3.43. The zero-order chi connectivity index (χ0) is 23.3. The standard InChI is InChI=1S/C21H18N4O6S/c1-32(30,31)19-11-15(10-18(12-19)25(28)29)21(27)24-16-7-4-5-14(9-16)20(26)23-13-17-6-2-3-8-22-17/h2-12H,13H2,1H3,(H,23,26)(H,24,27). The maximum Gasteiger partial charge on any atom is 0.271 e. The summed E-state index contributed by atoms with van der Waals surface area (Å²) in [5.41, 5.74) is 0.477. The van der Waals surface area contributed by atoms with Crippen molar-refractivity contribution >= 4 is 33.0 Å². The molecule has 0 saturated heterocycles. The van der Waals surface area contributed by atoms with Crippen LogP contribution in [0, 0.1) is 10.1 Å². The van der Waals surface area contributed by atoms with Gasteiger partial charge in [-0.2, -0.15) is 0 Å². The molecule has 164 valence electrons. The normalized spacial score (nSPS) is 10.9. The van der Waals surface area contributed by atoms with Crippen molar-refractivity contribution in [2.75, 3.05) is 11.6 Å². The monoisotopic (exact) mass is 454 g/mol. The number of rotatable bonds is 7. The number of carbonyl (C=O) groups excluding carboxylic acids is 2. The molecular weight excluding hydrogens is 436 g/mol. The van der Waals surface area contributed by atoms with Crippen LogP contribution in [-0.2, 0) is 16.4 Å². The van der Waals surface area contributed by atoms with Gasteiger partial charge >= 0.3 is 0 Å². The number of hydrogen-bond donors (Lipinski definition) is 2. The molecular formula is C21H18N4O6S. The minimum Gasteiger partial charge on any atom is -0.346 e. The van der Waals surface area contributed by atoms with Crippen molar-refractivity contribution < 1.29 is 22.9 Å². The van der Waals surface area contributed by atoms with E-state index in [-0.39, 0.29) is 34.2 Å². The molecule has 3 aromatic rings. The van der Waals surface area contributed by atoms with Crippen LogP contribution in [0.2, 0.25) is 0 Å². The first-order valence-corrected chi connectivity index (χ1v) is 11.1. The smallest absolute Gasteiger partial charge is 0.271 e. The number of nitro groups is 1. The fourth-order valence-electron chi connectivity index (χ4n) is 2.75. The van der Waals surface area contributed by atoms with Gasteiger partial charge in [-0.05, 0) is 36.4 Å². The molecule has 2 N–H and O–H groups in total. The zero-order valence-electron chi connectivity index (χ0n) is 16.8. The SMILES string of the molecule is CS(=O)(=O)c1cc(C(=O)Nc2cccc(C(=O)NCc3ccccn3)c2)cc([N+](=O)[O-])c1. The number of nitrogens with zero attached hydrogens (tertiary/aromatic N) is 2. The quantitative estimate of drug-likeness (QED) is 0.412. The number of aromatic nitrogens is 1. The Morgan fingerprint density at radius 3 is 2.44 bits per heavy atom. The lowest BCUT2D eigenvalue weighted by Gasteiger charge is -2.09. The average molecular weight is 454 g/mol. The number of anilines is 1. The Bertz CT molecular complexity index is 1290. The van der Waals surface area contributed by atoms with Gasteiger partial charge in [-0.1, -0.05) is 12.1 Å². The molecule has 0 aliphatic carbocycles. The highest BCUT2D eigenvalue weighted by atomic mass is 32.2. The molecule has 3 rings (SSSR count). The Morgan fingerprint density at radius 2 is 1.78 bits per heavy atom. The molecule has 2 amide bonds. The Kier molecular flexibility index (Phi) is 6.59. The predicted molar refractivity (Wildman–Crippen MR) is 116 cm³/mol. The zero-order valence-corrected chi connectivity index (χ0v) is 17.6. The number of pyridine rings is 1. The number of carbonyl (C=O) groups is 2. The summed E-state index contributed by atoms with van der Waals surface area (Å²) in [6, 6.07) is 14.3. The first kappa shape index (κ1) is 22.6. The van der Waals surface area contributed by atoms with Crippen molar-refractivity contribution in [2.45, 2.75) is 11.4 Å². The Morgan fingerprint density at radius 1 is 1.00 bits per heavy atom. The number of hydrogen-bond acceptors (Lipinski definition) is 7. The Labute approximate surface area is 183 Å². The van der Waals surface area contributed by atoms with Crippen LogP contribution in [0.1, 0.15) is 26.4 Å². The van der Waals surface area contributed by atoms with Crippen molar-refractivity contribution in [1.29, 1.82) is 0 Å². The van der Waals surface area contributed by atoms with Gasteiger partial charge in [0.15, 0.2) is 9.84 Å². The molecule has 0 aliphatic rings. The number of nitrogens with one attached hydrogen (secondary N) is 2. The van der Waals surface area contributed by atoms with E-state index in [1.807, 2.05) is 0 Å². The van der Waals surface area contributed by atoms with Gasteiger partial charge in [0.05, 0.1) is 22.1 Å². The number of sulfone groups is 1. The second-order valence-corrected chi connectivity index (χ2v) is 8.80. The summed E-state index contributed by atoms with van der Waals surface area (Å²) in [5.74, 6) is -1.15. The van der Waals surface area contributed by atoms with E-state index in [0.717, 1.165) is 24.5 Å². The molecule has 1 heterocycles. The lowest BCUT2D eigenvalue weighted by molar-refractivity contribution is -0.385. The molecule has 0 spiro atoms. The molecule has 0 aliphatic heterocycles. The van der Waals surface area contributed by atoms with E-state index in [1.165, 1.54) is 12.1 Å². The van der Waals surface area contributed by atoms with E-state index >= 15 is 0 Å². The third kappa shape index (κ3) is 5.73. The first-order valence-electron chi connectivity index (χ1n) is 9.22. The van der Waals surface area contributed by atoms with Gasteiger partial charge in [-0.3, -0.25) is 24.7 Å². The number of non-ortho nitro benzene ring substituents is 1. The summed E-state index contributed by atoms with van der Waals surface area (Å²) in [4.78, 5) is 39.1. The van der Waals surface area contributed by atoms with Crippen molar-refractivity contribution in [2.24, 2.45) is 0 Å². The predicted octanol–water partition coefficient (Wildman–Crippen LogP) is 2.58. The molecule has 0 saturated carbocycles. The summed E-state index contributed by atoms with van der Waals surface area (Å²) in [7, 11) is -3.78. The maximum atomic E-state index is 12.6. The highest BCUT2D eigenvalue weighted by Crippen LogP contribution is 2.22. The number of benzene rings is 2. The summed E-state index contributed by atoms with van der Waals surface area (Å²) < 4.78 is 23.6. The van der Waals surface area contributed by atoms with E-state index in [9.17, 15) is 28.1 Å². The van der Waals surface area contributed by atoms with E-state index in [4.69, 9.17) is 0 Å². The van der Waals surface area contributed by atoms with Gasteiger partial charge in [0.1, 0.15) is 0 Å². The van der Waals surface area contributed by atoms with Crippen LogP contribution in [-0.4, -0.2) is 36.4 Å². The Balaban J connectivity index is 1.78. The molecule has 10 nitrogen and oxygen atoms in total. The van der Waals surface area contributed by atoms with Gasteiger partial charge in [0.2, 0.25) is 0 Å². The highest BCUT2D eigenvalue weighted by Gasteiger charge is 2.19. The molecule has 2 aromatic carbocycles. The highest BCUT2D eigenvalue weighted by molar-refractivity contribution is 7.90. The number of amides is 2. The lowest BCUT2D eigenvalue weighted by Crippen LogP contribution is -2.23. The summed E-state index contributed by atoms with van der Waals surface area (Å²) in [6.07, 6.45) is 2.50. The Hall–Kier alpha value is -4.12. The second-order valence-electron chi connectivity index (χ2n) is 6.78. The summed E-state index contributed by atoms with van der Waals surface area (Å²) in [5, 5.41) is 16.4. The van der Waals surface area contributed by atoms with Crippen LogP contribution in [0.25, 0.3) is 0 Å². The van der Waals surface area contributed by atoms with Crippen molar-refractivity contribution in [3.8, 4) is 0 Å². The topological polar surface area (TPSA) is 148 Å². The van der Waals surface area contributed by atoms with Gasteiger partial charge in [0, 0.05) is 41.4 Å². The van der Waals surface area contributed by atoms with Crippen LogP contribution < -0.4 is 10.6 Å². The van der Waals surface area contributed by atoms with Gasteiger partial charge < -0.3 is 10.6 Å². The largest absolute Gasteiger partial charge is 0.346 e. The second kappa shape index (κ2) is 9.35. The lowest BCUT2D eigenvalue weighted by atomic mass is 10.1. The van der Waals surface area contributed by atoms with E-state index < -0.39 is 26.4 Å². The average Bonchev–Trinajstić information content (AvgIpc) is 2.77. The number of nitro benzene ring substituents is 1. The molecule has 11 heteroatoms. The molecule has 0 bridgehead atoms. The minimum absolute atomic E-state index is 0.204. The van der Waals surface area contributed by atoms with Gasteiger partial charge in [-0.15, -0.1) is 0 Å². The van der Waals surface area contributed by atoms with Crippen LogP contribution in [0.5, 0.6) is 0 Å². The van der Waals surface area contributed by atoms with E-state index in [0.29, 0.717) is 5.69 Å². The molecule has 1 aromatic heterocycles. The van der Waals surface area contributed by atoms with Gasteiger partial charge in [0.25, 0.3) is 17.5 Å². The van der Waals surface area contributed by atoms with E-state index in [2.05, 4.69) is 15.6 Å². The first-order chi connectivity index (χ1) is 15.1. The summed E-state index contributed by atoms with van der Waals surface area (Å²) >= 11 is 0. The van der Waals surface area contributed by atoms with Crippen molar-refractivity contribution in [3.63, 3.8) is 0 Å². The van der Waals surface area contributed by atoms with E-state index in [1.54, 1.807) is 36.5 Å². The van der Waals surface area contributed by atoms with Crippen LogP contribution >= 0.6 is 0 Å². The van der Waals surface area contributed by atoms with Crippen LogP contribution in [0.4, 0.5) is 11.4 Å². The third-order valence-corrected chi connectivity index (χ3v) is 5.42. The minimum atomic E-state index is -3.78. The molecule has 0 unspecified atom stereocenters. The molecule has 0 fully saturated rings. The molecule has 0 atom stereocenters. The van der Waals surface area contributed by atoms with Crippen LogP contribution in [0.15, 0.2) is 71.8 Å². The maximum absolute atomic E-state index is 12.6. The van der Waals surface area contributed by atoms with Crippen LogP contribution in [0.3, 0.4) is 0 Å². The van der Waals surface area contributed by atoms with Crippen molar-refractivity contribution in [3.05, 3.63) is 93.8 Å². The summed E-state index contributed by atoms with van der Waals surface area (Å²) in [6.45, 7) is 0.220. The van der Waals surface area contributed by atoms with Gasteiger partial charge in [-0.25, -0.2) is 8.42 Å². The third-order valence-electron chi connectivity index (χ3n) is 4.33. The molecule has 0 radical (unpaired) electrons. The fraction of sp³-hybridized carbons (Fsp3) is 0.0952. The van der Waals surface area contributed by atoms with Crippen molar-refractivity contribution in [1.82, 2.24) is 10.3 Å².